The van der Waals surface area contributed by atoms with Gasteiger partial charge < -0.3 is 0 Å². The molecule has 0 saturated carbocycles. The lowest BCUT2D eigenvalue weighted by Gasteiger charge is -2.11. The topological polar surface area (TPSA) is 60.1 Å². The van der Waals surface area contributed by atoms with Crippen LogP contribution < -0.4 is 0 Å². The van der Waals surface area contributed by atoms with Crippen molar-refractivity contribution in [2.24, 2.45) is 4.99 Å². The number of Topliss-reactive ketones (excluding diaryl/α,β-unsaturated/α-hetero) is 1. The lowest BCUT2D eigenvalue weighted by molar-refractivity contribution is -0.117. The third kappa shape index (κ3) is 2.94. The standard InChI is InChI=1S/C21H22N4OS/c1-11-6-8-16(9-7-11)19-18-13(3)14(4)27-21(18)25-15(5)23-24-20(25)17(22-19)10-12(2)26/h6-9,17H,10H2,1-5H3/t17-/m0/s1. The monoisotopic (exact) mass is 378 g/mol. The number of carbonyl (C=O) groups is 1. The molecule has 0 radical (unpaired) electrons. The number of aliphatic imine (C=N–C) groups is 1. The highest BCUT2D eigenvalue weighted by molar-refractivity contribution is 7.15. The summed E-state index contributed by atoms with van der Waals surface area (Å²) in [5.41, 5.74) is 5.55. The Balaban J connectivity index is 2.04. The zero-order valence-electron chi connectivity index (χ0n) is 16.2. The van der Waals surface area contributed by atoms with E-state index in [0.29, 0.717) is 6.42 Å². The van der Waals surface area contributed by atoms with Gasteiger partial charge in [0.2, 0.25) is 0 Å². The molecule has 0 amide bonds. The van der Waals surface area contributed by atoms with Gasteiger partial charge in [0.05, 0.1) is 5.71 Å². The number of hydrogen-bond acceptors (Lipinski definition) is 5. The number of aromatic nitrogens is 3. The Morgan fingerprint density at radius 1 is 1.11 bits per heavy atom. The van der Waals surface area contributed by atoms with E-state index in [4.69, 9.17) is 4.99 Å². The van der Waals surface area contributed by atoms with Crippen LogP contribution in [0.3, 0.4) is 0 Å². The molecule has 1 aliphatic rings. The highest BCUT2D eigenvalue weighted by atomic mass is 32.1. The Kier molecular flexibility index (Phi) is 4.30. The summed E-state index contributed by atoms with van der Waals surface area (Å²) in [6, 6.07) is 8.08. The third-order valence-electron chi connectivity index (χ3n) is 5.05. The Bertz CT molecular complexity index is 1070. The molecule has 0 N–H and O–H groups in total. The van der Waals surface area contributed by atoms with Crippen molar-refractivity contribution < 1.29 is 4.79 Å². The first-order valence-electron chi connectivity index (χ1n) is 9.03. The molecule has 3 aromatic rings. The molecular formula is C21H22N4OS. The predicted molar refractivity (Wildman–Crippen MR) is 108 cm³/mol. The van der Waals surface area contributed by atoms with Crippen LogP contribution in [-0.2, 0) is 4.79 Å². The highest BCUT2D eigenvalue weighted by Crippen LogP contribution is 2.39. The van der Waals surface area contributed by atoms with Crippen LogP contribution in [-0.4, -0.2) is 26.3 Å². The molecule has 0 spiro atoms. The number of fused-ring (bicyclic) bond motifs is 3. The van der Waals surface area contributed by atoms with Crippen LogP contribution in [0.1, 0.15) is 58.2 Å². The maximum Gasteiger partial charge on any atom is 0.163 e. The summed E-state index contributed by atoms with van der Waals surface area (Å²) >= 11 is 1.73. The lowest BCUT2D eigenvalue weighted by atomic mass is 9.99. The fourth-order valence-corrected chi connectivity index (χ4v) is 4.72. The fourth-order valence-electron chi connectivity index (χ4n) is 3.51. The molecule has 2 aromatic heterocycles. The number of carbonyl (C=O) groups excluding carboxylic acids is 1. The normalized spacial score (nSPS) is 15.7. The van der Waals surface area contributed by atoms with Gasteiger partial charge in [-0.15, -0.1) is 21.5 Å². The van der Waals surface area contributed by atoms with Crippen molar-refractivity contribution in [1.29, 1.82) is 0 Å². The van der Waals surface area contributed by atoms with Crippen molar-refractivity contribution in [3.05, 3.63) is 63.0 Å². The molecule has 0 aliphatic carbocycles. The molecule has 1 aliphatic heterocycles. The van der Waals surface area contributed by atoms with Gasteiger partial charge in [0.1, 0.15) is 22.7 Å². The lowest BCUT2D eigenvalue weighted by Crippen LogP contribution is -2.09. The summed E-state index contributed by atoms with van der Waals surface area (Å²) < 4.78 is 2.08. The number of ketones is 1. The van der Waals surface area contributed by atoms with Crippen LogP contribution in [0.15, 0.2) is 29.3 Å². The molecule has 27 heavy (non-hydrogen) atoms. The van der Waals surface area contributed by atoms with Gasteiger partial charge in [0.25, 0.3) is 0 Å². The smallest absolute Gasteiger partial charge is 0.163 e. The molecule has 6 heteroatoms. The van der Waals surface area contributed by atoms with E-state index in [0.717, 1.165) is 33.5 Å². The van der Waals surface area contributed by atoms with Crippen molar-refractivity contribution in [3.8, 4) is 5.00 Å². The zero-order valence-corrected chi connectivity index (χ0v) is 17.0. The molecule has 0 saturated heterocycles. The summed E-state index contributed by atoms with van der Waals surface area (Å²) in [6.45, 7) is 9.90. The number of hydrogen-bond donors (Lipinski definition) is 0. The number of benzene rings is 1. The molecule has 138 valence electrons. The summed E-state index contributed by atoms with van der Waals surface area (Å²) in [7, 11) is 0. The third-order valence-corrected chi connectivity index (χ3v) is 6.24. The van der Waals surface area contributed by atoms with Crippen molar-refractivity contribution in [2.75, 3.05) is 0 Å². The van der Waals surface area contributed by atoms with Gasteiger partial charge in [0.15, 0.2) is 5.82 Å². The number of nitrogens with zero attached hydrogens (tertiary/aromatic N) is 4. The van der Waals surface area contributed by atoms with Crippen molar-refractivity contribution in [3.63, 3.8) is 0 Å². The molecule has 1 atom stereocenters. The fraction of sp³-hybridized carbons (Fsp3) is 0.333. The molecule has 1 aromatic carbocycles. The van der Waals surface area contributed by atoms with Gasteiger partial charge in [-0.2, -0.15) is 0 Å². The van der Waals surface area contributed by atoms with E-state index >= 15 is 0 Å². The van der Waals surface area contributed by atoms with Crippen molar-refractivity contribution in [2.45, 2.75) is 47.1 Å². The molecule has 3 heterocycles. The van der Waals surface area contributed by atoms with E-state index < -0.39 is 0 Å². The summed E-state index contributed by atoms with van der Waals surface area (Å²) in [5.74, 6) is 1.66. The van der Waals surface area contributed by atoms with Crippen LogP contribution >= 0.6 is 11.3 Å². The van der Waals surface area contributed by atoms with Crippen LogP contribution in [0.2, 0.25) is 0 Å². The van der Waals surface area contributed by atoms with Crippen molar-refractivity contribution in [1.82, 2.24) is 14.8 Å². The SMILES string of the molecule is CC(=O)C[C@@H]1N=C(c2ccc(C)cc2)c2c(sc(C)c2C)-n2c(C)nnc21. The van der Waals surface area contributed by atoms with E-state index in [2.05, 4.69) is 59.8 Å². The summed E-state index contributed by atoms with van der Waals surface area (Å²) in [4.78, 5) is 18.3. The average molecular weight is 379 g/mol. The average Bonchev–Trinajstić information content (AvgIpc) is 3.08. The van der Waals surface area contributed by atoms with Crippen LogP contribution in [0.4, 0.5) is 0 Å². The van der Waals surface area contributed by atoms with Gasteiger partial charge in [0, 0.05) is 22.4 Å². The Morgan fingerprint density at radius 2 is 1.81 bits per heavy atom. The Labute approximate surface area is 162 Å². The first-order chi connectivity index (χ1) is 12.9. The van der Waals surface area contributed by atoms with E-state index in [1.54, 1.807) is 18.3 Å². The minimum absolute atomic E-state index is 0.0948. The minimum atomic E-state index is -0.334. The van der Waals surface area contributed by atoms with Crippen LogP contribution in [0.5, 0.6) is 0 Å². The first kappa shape index (κ1) is 17.8. The van der Waals surface area contributed by atoms with Gasteiger partial charge in [-0.3, -0.25) is 14.4 Å². The molecule has 4 rings (SSSR count). The largest absolute Gasteiger partial charge is 0.300 e. The molecule has 0 unspecified atom stereocenters. The van der Waals surface area contributed by atoms with Crippen LogP contribution in [0, 0.1) is 27.7 Å². The number of thiophene rings is 1. The quantitative estimate of drug-likeness (QED) is 0.677. The van der Waals surface area contributed by atoms with E-state index in [1.807, 2.05) is 6.92 Å². The van der Waals surface area contributed by atoms with Gasteiger partial charge in [-0.05, 0) is 40.2 Å². The second-order valence-electron chi connectivity index (χ2n) is 7.17. The second kappa shape index (κ2) is 6.53. The number of rotatable bonds is 3. The van der Waals surface area contributed by atoms with Crippen molar-refractivity contribution >= 4 is 22.8 Å². The van der Waals surface area contributed by atoms with Gasteiger partial charge >= 0.3 is 0 Å². The zero-order chi connectivity index (χ0) is 19.3. The van der Waals surface area contributed by atoms with E-state index in [-0.39, 0.29) is 11.8 Å². The Hall–Kier alpha value is -2.60. The van der Waals surface area contributed by atoms with Gasteiger partial charge in [-0.1, -0.05) is 29.8 Å². The van der Waals surface area contributed by atoms with E-state index in [1.165, 1.54) is 16.0 Å². The first-order valence-corrected chi connectivity index (χ1v) is 9.85. The minimum Gasteiger partial charge on any atom is -0.300 e. The van der Waals surface area contributed by atoms with Crippen LogP contribution in [0.25, 0.3) is 5.00 Å². The predicted octanol–water partition coefficient (Wildman–Crippen LogP) is 4.43. The van der Waals surface area contributed by atoms with E-state index in [9.17, 15) is 4.79 Å². The number of aryl methyl sites for hydroxylation is 3. The maximum absolute atomic E-state index is 11.9. The van der Waals surface area contributed by atoms with Gasteiger partial charge in [-0.25, -0.2) is 0 Å². The maximum atomic E-state index is 11.9. The molecule has 0 fully saturated rings. The summed E-state index contributed by atoms with van der Waals surface area (Å²) in [5, 5.41) is 9.77. The molecular weight excluding hydrogens is 356 g/mol. The summed E-state index contributed by atoms with van der Waals surface area (Å²) in [6.07, 6.45) is 0.320. The second-order valence-corrected chi connectivity index (χ2v) is 8.37. The Morgan fingerprint density at radius 3 is 2.48 bits per heavy atom. The molecule has 5 nitrogen and oxygen atoms in total. The molecule has 0 bridgehead atoms. The highest BCUT2D eigenvalue weighted by Gasteiger charge is 2.31.